The molecule has 0 fully saturated rings. The summed E-state index contributed by atoms with van der Waals surface area (Å²) >= 11 is -0.556. The Morgan fingerprint density at radius 2 is 1.06 bits per heavy atom. The summed E-state index contributed by atoms with van der Waals surface area (Å²) in [5, 5.41) is 5.18. The molecular weight excluding hydrogens is 487 g/mol. The summed E-state index contributed by atoms with van der Waals surface area (Å²) in [5.41, 5.74) is 4.93. The summed E-state index contributed by atoms with van der Waals surface area (Å²) < 4.78 is 10.8. The molecule has 4 aromatic carbocycles. The van der Waals surface area contributed by atoms with Crippen LogP contribution in [-0.2, 0) is 17.0 Å². The van der Waals surface area contributed by atoms with Gasteiger partial charge in [-0.25, -0.2) is 0 Å². The first-order valence-electron chi connectivity index (χ1n) is 10.5. The average molecular weight is 509 g/mol. The molecule has 0 amide bonds. The minimum atomic E-state index is -0.556. The third-order valence-corrected chi connectivity index (χ3v) is 5.55. The Morgan fingerprint density at radius 1 is 0.636 bits per heavy atom. The standard InChI is InChI=1S/2C14H11O.2ClH.Ti/c2*1-10-4-2-5-11-8-12(9-13(10)11)14-6-3-7-15-14;;;/h2*2-9H,1H3;2*1H;/q2*-1;;;+2/p-2. The van der Waals surface area contributed by atoms with E-state index in [9.17, 15) is 0 Å². The quantitative estimate of drug-likeness (QED) is 0.172. The zero-order valence-corrected chi connectivity index (χ0v) is 21.4. The predicted octanol–water partition coefficient (Wildman–Crippen LogP) is 9.63. The molecule has 5 heteroatoms. The molecule has 6 rings (SSSR count). The van der Waals surface area contributed by atoms with Crippen LogP contribution in [-0.4, -0.2) is 0 Å². The second-order valence-corrected chi connectivity index (χ2v) is 10.2. The molecule has 0 saturated heterocycles. The maximum absolute atomic E-state index is 5.39. The maximum atomic E-state index is 5.39. The van der Waals surface area contributed by atoms with Crippen LogP contribution in [0.4, 0.5) is 0 Å². The van der Waals surface area contributed by atoms with Crippen molar-refractivity contribution >= 4 is 40.2 Å². The SMILES string of the molecule is Cc1cccc2[cH-]c(-c3ccco3)cc12.Cc1cccc2[cH-]c(-c3ccco3)cc12.[Cl][Ti][Cl]. The molecule has 0 aliphatic heterocycles. The molecule has 2 heterocycles. The van der Waals surface area contributed by atoms with E-state index in [0.717, 1.165) is 22.6 Å². The molecule has 0 saturated carbocycles. The van der Waals surface area contributed by atoms with Crippen LogP contribution in [0.1, 0.15) is 11.1 Å². The summed E-state index contributed by atoms with van der Waals surface area (Å²) in [6.45, 7) is 4.27. The van der Waals surface area contributed by atoms with Crippen LogP contribution in [0, 0.1) is 13.8 Å². The molecule has 0 atom stereocenters. The van der Waals surface area contributed by atoms with Crippen LogP contribution < -0.4 is 0 Å². The minimum absolute atomic E-state index is 0.556. The van der Waals surface area contributed by atoms with Gasteiger partial charge in [-0.3, -0.25) is 0 Å². The number of fused-ring (bicyclic) bond motifs is 2. The van der Waals surface area contributed by atoms with Gasteiger partial charge in [0.15, 0.2) is 0 Å². The number of hydrogen-bond acceptors (Lipinski definition) is 2. The third-order valence-electron chi connectivity index (χ3n) is 5.55. The molecule has 0 radical (unpaired) electrons. The van der Waals surface area contributed by atoms with E-state index in [1.807, 2.05) is 24.3 Å². The number of rotatable bonds is 2. The Hall–Kier alpha value is -2.49. The predicted molar refractivity (Wildman–Crippen MR) is 136 cm³/mol. The van der Waals surface area contributed by atoms with Crippen LogP contribution in [0.3, 0.4) is 0 Å². The van der Waals surface area contributed by atoms with Gasteiger partial charge in [0.2, 0.25) is 0 Å². The molecule has 33 heavy (non-hydrogen) atoms. The van der Waals surface area contributed by atoms with Crippen molar-refractivity contribution in [1.82, 2.24) is 0 Å². The Labute approximate surface area is 210 Å². The molecule has 2 aromatic heterocycles. The van der Waals surface area contributed by atoms with Gasteiger partial charge in [-0.1, -0.05) is 58.7 Å². The van der Waals surface area contributed by atoms with E-state index >= 15 is 0 Å². The number of hydrogen-bond donors (Lipinski definition) is 0. The van der Waals surface area contributed by atoms with Gasteiger partial charge in [0.25, 0.3) is 0 Å². The van der Waals surface area contributed by atoms with Gasteiger partial charge >= 0.3 is 35.6 Å². The number of benzene rings is 2. The van der Waals surface area contributed by atoms with Gasteiger partial charge in [0.1, 0.15) is 0 Å². The Kier molecular flexibility index (Phi) is 7.95. The van der Waals surface area contributed by atoms with E-state index in [0.29, 0.717) is 0 Å². The number of halogens is 2. The molecular formula is C28H22Cl2O2Ti-2. The zero-order valence-electron chi connectivity index (χ0n) is 18.3. The van der Waals surface area contributed by atoms with Crippen molar-refractivity contribution in [2.24, 2.45) is 0 Å². The molecule has 0 N–H and O–H groups in total. The zero-order chi connectivity index (χ0) is 23.2. The molecule has 0 spiro atoms. The van der Waals surface area contributed by atoms with Crippen molar-refractivity contribution < 1.29 is 25.9 Å². The molecule has 166 valence electrons. The third kappa shape index (κ3) is 5.54. The van der Waals surface area contributed by atoms with E-state index in [1.54, 1.807) is 12.5 Å². The average Bonchev–Trinajstić information content (AvgIpc) is 3.61. The van der Waals surface area contributed by atoms with Crippen LogP contribution in [0.2, 0.25) is 0 Å². The van der Waals surface area contributed by atoms with E-state index in [4.69, 9.17) is 27.4 Å². The van der Waals surface area contributed by atoms with Crippen molar-refractivity contribution in [3.63, 3.8) is 0 Å². The Morgan fingerprint density at radius 3 is 1.39 bits per heavy atom. The van der Waals surface area contributed by atoms with Crippen LogP contribution in [0.15, 0.2) is 106 Å². The first-order chi connectivity index (χ1) is 16.1. The monoisotopic (exact) mass is 508 g/mol. The van der Waals surface area contributed by atoms with Crippen molar-refractivity contribution in [3.8, 4) is 22.6 Å². The molecule has 6 aromatic rings. The summed E-state index contributed by atoms with van der Waals surface area (Å²) in [5.74, 6) is 1.87. The molecule has 0 bridgehead atoms. The van der Waals surface area contributed by atoms with Gasteiger partial charge in [-0.05, 0) is 26.0 Å². The number of furan rings is 2. The van der Waals surface area contributed by atoms with E-state index in [2.05, 4.69) is 74.5 Å². The summed E-state index contributed by atoms with van der Waals surface area (Å²) in [6.07, 6.45) is 3.42. The van der Waals surface area contributed by atoms with E-state index < -0.39 is 17.0 Å². The fourth-order valence-corrected chi connectivity index (χ4v) is 3.95. The van der Waals surface area contributed by atoms with E-state index in [-0.39, 0.29) is 0 Å². The van der Waals surface area contributed by atoms with Crippen molar-refractivity contribution in [3.05, 3.63) is 109 Å². The Bertz CT molecular complexity index is 1310. The first kappa shape index (κ1) is 23.7. The van der Waals surface area contributed by atoms with Crippen LogP contribution in [0.25, 0.3) is 44.2 Å². The Balaban J connectivity index is 0.000000141. The fourth-order valence-electron chi connectivity index (χ4n) is 3.95. The molecule has 0 aliphatic carbocycles. The topological polar surface area (TPSA) is 26.3 Å². The van der Waals surface area contributed by atoms with Gasteiger partial charge in [0.05, 0.1) is 24.0 Å². The first-order valence-corrected chi connectivity index (χ1v) is 14.8. The van der Waals surface area contributed by atoms with Crippen molar-refractivity contribution in [1.29, 1.82) is 0 Å². The summed E-state index contributed by atoms with van der Waals surface area (Å²) in [4.78, 5) is 0. The normalized spacial score (nSPS) is 10.4. The van der Waals surface area contributed by atoms with Crippen molar-refractivity contribution in [2.75, 3.05) is 0 Å². The number of aryl methyl sites for hydroxylation is 2. The van der Waals surface area contributed by atoms with E-state index in [1.165, 1.54) is 32.7 Å². The second-order valence-electron chi connectivity index (χ2n) is 7.67. The van der Waals surface area contributed by atoms with Crippen LogP contribution in [0.5, 0.6) is 0 Å². The molecule has 2 nitrogen and oxygen atoms in total. The molecule has 0 aliphatic rings. The fraction of sp³-hybridized carbons (Fsp3) is 0.0714. The summed E-state index contributed by atoms with van der Waals surface area (Å²) in [6, 6.07) is 29.2. The van der Waals surface area contributed by atoms with Gasteiger partial charge in [0, 0.05) is 0 Å². The summed E-state index contributed by atoms with van der Waals surface area (Å²) in [7, 11) is 9.78. The second kappa shape index (κ2) is 11.1. The van der Waals surface area contributed by atoms with Crippen molar-refractivity contribution in [2.45, 2.75) is 13.8 Å². The molecule has 0 unspecified atom stereocenters. The van der Waals surface area contributed by atoms with Crippen LogP contribution >= 0.6 is 18.6 Å². The van der Waals surface area contributed by atoms with Gasteiger partial charge in [-0.15, -0.1) is 57.9 Å². The van der Waals surface area contributed by atoms with Gasteiger partial charge < -0.3 is 8.83 Å². The van der Waals surface area contributed by atoms with Gasteiger partial charge in [-0.2, -0.15) is 0 Å².